The van der Waals surface area contributed by atoms with Crippen LogP contribution in [-0.2, 0) is 20.7 Å². The van der Waals surface area contributed by atoms with Crippen molar-refractivity contribution >= 4 is 39.9 Å². The van der Waals surface area contributed by atoms with Gasteiger partial charge in [0.25, 0.3) is 5.78 Å². The highest BCUT2D eigenvalue weighted by atomic mass is 32.1. The van der Waals surface area contributed by atoms with Gasteiger partial charge in [-0.3, -0.25) is 19.5 Å². The molecule has 0 bridgehead atoms. The van der Waals surface area contributed by atoms with Crippen molar-refractivity contribution < 1.29 is 29.0 Å². The molecule has 10 heteroatoms. The zero-order valence-corrected chi connectivity index (χ0v) is 20.7. The molecular weight excluding hydrogens is 482 g/mol. The van der Waals surface area contributed by atoms with E-state index in [1.807, 2.05) is 6.92 Å². The molecule has 1 N–H and O–H groups in total. The number of carbonyl (C=O) groups is 3. The molecule has 5 rings (SSSR count). The minimum Gasteiger partial charge on any atom is -0.507 e. The van der Waals surface area contributed by atoms with Gasteiger partial charge in [-0.1, -0.05) is 17.4 Å². The number of aryl methyl sites for hydroxylation is 1. The Labute approximate surface area is 211 Å². The molecule has 0 aliphatic carbocycles. The first-order valence-corrected chi connectivity index (χ1v) is 12.3. The van der Waals surface area contributed by atoms with Gasteiger partial charge in [-0.15, -0.1) is 0 Å². The Kier molecular flexibility index (Phi) is 6.05. The van der Waals surface area contributed by atoms with Gasteiger partial charge in [0, 0.05) is 24.4 Å². The number of Topliss-reactive ketones (excluding diaryl/α,β-unsaturated/α-hetero) is 1. The molecule has 0 spiro atoms. The minimum absolute atomic E-state index is 0.0140. The molecular formula is C26H23N3O6S. The fraction of sp³-hybridized carbons (Fsp3) is 0.269. The van der Waals surface area contributed by atoms with E-state index in [1.54, 1.807) is 50.4 Å². The van der Waals surface area contributed by atoms with E-state index >= 15 is 0 Å². The lowest BCUT2D eigenvalue weighted by Crippen LogP contribution is -2.29. The number of pyridine rings is 1. The molecule has 36 heavy (non-hydrogen) atoms. The molecule has 1 aromatic carbocycles. The van der Waals surface area contributed by atoms with Crippen molar-refractivity contribution in [1.82, 2.24) is 9.97 Å². The summed E-state index contributed by atoms with van der Waals surface area (Å²) in [6.07, 6.45) is 3.79. The summed E-state index contributed by atoms with van der Waals surface area (Å²) in [5, 5.41) is 11.5. The Morgan fingerprint density at radius 2 is 2.11 bits per heavy atom. The average Bonchev–Trinajstić information content (AvgIpc) is 3.51. The van der Waals surface area contributed by atoms with Crippen molar-refractivity contribution in [2.45, 2.75) is 39.3 Å². The monoisotopic (exact) mass is 505 g/mol. The molecule has 2 unspecified atom stereocenters. The van der Waals surface area contributed by atoms with Crippen LogP contribution in [0.25, 0.3) is 5.76 Å². The van der Waals surface area contributed by atoms with Gasteiger partial charge in [0.05, 0.1) is 23.9 Å². The average molecular weight is 506 g/mol. The first-order valence-electron chi connectivity index (χ1n) is 11.5. The van der Waals surface area contributed by atoms with Crippen LogP contribution in [0.15, 0.2) is 48.3 Å². The number of hydrogen-bond donors (Lipinski definition) is 1. The maximum absolute atomic E-state index is 13.3. The molecule has 1 amide bonds. The lowest BCUT2D eigenvalue weighted by molar-refractivity contribution is -0.132. The summed E-state index contributed by atoms with van der Waals surface area (Å²) in [5.74, 6) is -1.83. The van der Waals surface area contributed by atoms with Crippen LogP contribution in [-0.4, -0.2) is 45.4 Å². The van der Waals surface area contributed by atoms with Crippen molar-refractivity contribution in [2.75, 3.05) is 11.5 Å². The second kappa shape index (κ2) is 9.19. The minimum atomic E-state index is -0.984. The number of aliphatic hydroxyl groups is 1. The summed E-state index contributed by atoms with van der Waals surface area (Å²) in [5.41, 5.74) is 2.13. The molecule has 184 valence electrons. The maximum atomic E-state index is 13.3. The van der Waals surface area contributed by atoms with Crippen molar-refractivity contribution in [3.63, 3.8) is 0 Å². The summed E-state index contributed by atoms with van der Waals surface area (Å²) in [6, 6.07) is 7.59. The standard InChI is InChI=1S/C26H23N3O6S/c1-4-34-25(33)23-14(3)28-26(36-23)29-20(16-6-5-9-27-12-16)19(22(31)24(29)32)21(30)15-7-8-18-17(11-15)10-13(2)35-18/h5-9,11-13,20,30H,4,10H2,1-3H3. The third kappa shape index (κ3) is 3.93. The van der Waals surface area contributed by atoms with Gasteiger partial charge in [-0.25, -0.2) is 9.78 Å². The highest BCUT2D eigenvalue weighted by molar-refractivity contribution is 7.17. The molecule has 0 saturated carbocycles. The van der Waals surface area contributed by atoms with Crippen LogP contribution in [0.5, 0.6) is 5.75 Å². The summed E-state index contributed by atoms with van der Waals surface area (Å²) in [4.78, 5) is 49.0. The van der Waals surface area contributed by atoms with Gasteiger partial charge >= 0.3 is 11.9 Å². The normalized spacial score (nSPS) is 20.4. The van der Waals surface area contributed by atoms with Crippen LogP contribution in [0.3, 0.4) is 0 Å². The molecule has 0 radical (unpaired) electrons. The first-order chi connectivity index (χ1) is 17.3. The predicted molar refractivity (Wildman–Crippen MR) is 132 cm³/mol. The van der Waals surface area contributed by atoms with Crippen LogP contribution in [0.2, 0.25) is 0 Å². The zero-order valence-electron chi connectivity index (χ0n) is 19.8. The van der Waals surface area contributed by atoms with E-state index in [4.69, 9.17) is 9.47 Å². The van der Waals surface area contributed by atoms with Crippen LogP contribution in [0, 0.1) is 6.92 Å². The van der Waals surface area contributed by atoms with Gasteiger partial charge in [0.2, 0.25) is 0 Å². The van der Waals surface area contributed by atoms with Crippen LogP contribution < -0.4 is 9.64 Å². The number of amides is 1. The molecule has 1 saturated heterocycles. The number of anilines is 1. The number of fused-ring (bicyclic) bond motifs is 1. The third-order valence-electron chi connectivity index (χ3n) is 6.07. The fourth-order valence-electron chi connectivity index (χ4n) is 4.48. The molecule has 4 heterocycles. The first kappa shape index (κ1) is 23.7. The lowest BCUT2D eigenvalue weighted by atomic mass is 9.95. The number of ketones is 1. The smallest absolute Gasteiger partial charge is 0.350 e. The van der Waals surface area contributed by atoms with Gasteiger partial charge in [0.1, 0.15) is 22.5 Å². The largest absolute Gasteiger partial charge is 0.507 e. The SMILES string of the molecule is CCOC(=O)c1sc(N2C(=O)C(=O)C(=C(O)c3ccc4c(c3)CC(C)O4)C2c2cccnc2)nc1C. The van der Waals surface area contributed by atoms with Crippen molar-refractivity contribution in [2.24, 2.45) is 0 Å². The molecule has 2 aliphatic rings. The molecule has 2 aromatic heterocycles. The number of carbonyl (C=O) groups excluding carboxylic acids is 3. The van der Waals surface area contributed by atoms with Crippen molar-refractivity contribution in [3.05, 3.63) is 75.6 Å². The fourth-order valence-corrected chi connectivity index (χ4v) is 5.47. The second-order valence-electron chi connectivity index (χ2n) is 8.54. The predicted octanol–water partition coefficient (Wildman–Crippen LogP) is 3.97. The van der Waals surface area contributed by atoms with E-state index in [1.165, 1.54) is 11.1 Å². The number of esters is 1. The second-order valence-corrected chi connectivity index (χ2v) is 9.52. The third-order valence-corrected chi connectivity index (χ3v) is 7.20. The summed E-state index contributed by atoms with van der Waals surface area (Å²) in [7, 11) is 0. The van der Waals surface area contributed by atoms with Crippen LogP contribution in [0.1, 0.15) is 51.9 Å². The number of ether oxygens (including phenoxy) is 2. The molecule has 2 atom stereocenters. The van der Waals surface area contributed by atoms with Gasteiger partial charge in [-0.2, -0.15) is 0 Å². The summed E-state index contributed by atoms with van der Waals surface area (Å²) in [6.45, 7) is 5.47. The topological polar surface area (TPSA) is 119 Å². The van der Waals surface area contributed by atoms with Crippen LogP contribution >= 0.6 is 11.3 Å². The highest BCUT2D eigenvalue weighted by Gasteiger charge is 2.48. The number of nitrogens with zero attached hydrogens (tertiary/aromatic N) is 3. The Balaban J connectivity index is 1.65. The van der Waals surface area contributed by atoms with E-state index < -0.39 is 23.7 Å². The van der Waals surface area contributed by atoms with Crippen molar-refractivity contribution in [1.29, 1.82) is 0 Å². The quantitative estimate of drug-likeness (QED) is 0.239. The Morgan fingerprint density at radius 3 is 2.83 bits per heavy atom. The molecule has 1 fully saturated rings. The summed E-state index contributed by atoms with van der Waals surface area (Å²) >= 11 is 0.961. The zero-order chi connectivity index (χ0) is 25.6. The maximum Gasteiger partial charge on any atom is 0.350 e. The van der Waals surface area contributed by atoms with E-state index in [0.29, 0.717) is 23.2 Å². The van der Waals surface area contributed by atoms with Gasteiger partial charge < -0.3 is 14.6 Å². The van der Waals surface area contributed by atoms with Gasteiger partial charge in [0.15, 0.2) is 5.13 Å². The molecule has 3 aromatic rings. The van der Waals surface area contributed by atoms with E-state index in [0.717, 1.165) is 22.6 Å². The van der Waals surface area contributed by atoms with E-state index in [-0.39, 0.29) is 34.1 Å². The van der Waals surface area contributed by atoms with Crippen LogP contribution in [0.4, 0.5) is 5.13 Å². The summed E-state index contributed by atoms with van der Waals surface area (Å²) < 4.78 is 10.8. The Hall–Kier alpha value is -4.05. The molecule has 2 aliphatic heterocycles. The Bertz CT molecular complexity index is 1410. The van der Waals surface area contributed by atoms with E-state index in [2.05, 4.69) is 9.97 Å². The number of aliphatic hydroxyl groups excluding tert-OH is 1. The lowest BCUT2D eigenvalue weighted by Gasteiger charge is -2.22. The highest BCUT2D eigenvalue weighted by Crippen LogP contribution is 2.44. The number of aromatic nitrogens is 2. The number of benzene rings is 1. The molecule has 9 nitrogen and oxygen atoms in total. The Morgan fingerprint density at radius 1 is 1.31 bits per heavy atom. The van der Waals surface area contributed by atoms with Gasteiger partial charge in [-0.05, 0) is 56.2 Å². The van der Waals surface area contributed by atoms with E-state index in [9.17, 15) is 19.5 Å². The number of thiazole rings is 1. The number of hydrogen-bond acceptors (Lipinski definition) is 9. The van der Waals surface area contributed by atoms with Crippen molar-refractivity contribution in [3.8, 4) is 5.75 Å². The number of rotatable bonds is 5.